The van der Waals surface area contributed by atoms with Gasteiger partial charge < -0.3 is 24.8 Å². The Kier molecular flexibility index (Phi) is 11.7. The van der Waals surface area contributed by atoms with Gasteiger partial charge in [-0.3, -0.25) is 0 Å². The molecule has 17 heavy (non-hydrogen) atoms. The highest BCUT2D eigenvalue weighted by Gasteiger charge is 2.08. The van der Waals surface area contributed by atoms with Crippen LogP contribution in [0.1, 0.15) is 6.42 Å². The average Bonchev–Trinajstić information content (AvgIpc) is 2.88. The minimum absolute atomic E-state index is 0. The van der Waals surface area contributed by atoms with Gasteiger partial charge in [0.15, 0.2) is 0 Å². The second kappa shape index (κ2) is 11.0. The molecule has 2 aromatic rings. The molecule has 0 aliphatic carbocycles. The summed E-state index contributed by atoms with van der Waals surface area (Å²) in [6.45, 7) is 0. The number of hydrogen-bond acceptors (Lipinski definition) is 8. The highest BCUT2D eigenvalue weighted by Crippen LogP contribution is 2.20. The first-order valence-electron chi connectivity index (χ1n) is 3.94. The molecule has 0 aliphatic heterocycles. The third-order valence-corrected chi connectivity index (χ3v) is 6.03. The van der Waals surface area contributed by atoms with Gasteiger partial charge in [-0.1, -0.05) is 23.5 Å². The number of thioether (sulfide) groups is 2. The van der Waals surface area contributed by atoms with Crippen molar-refractivity contribution in [2.75, 3.05) is 11.5 Å². The number of aromatic nitrogens is 4. The van der Waals surface area contributed by atoms with Crippen LogP contribution >= 0.6 is 65.7 Å². The molecule has 0 N–H and O–H groups in total. The largest absolute Gasteiger partial charge is 1.00 e. The van der Waals surface area contributed by atoms with E-state index < -0.39 is 0 Å². The molecule has 0 atom stereocenters. The monoisotopic (exact) mass is 384 g/mol. The van der Waals surface area contributed by atoms with Crippen LogP contribution < -0.4 is 24.8 Å². The third kappa shape index (κ3) is 7.31. The summed E-state index contributed by atoms with van der Waals surface area (Å²) in [5, 5.41) is 1.81. The van der Waals surface area contributed by atoms with Crippen LogP contribution in [0.3, 0.4) is 0 Å². The van der Waals surface area contributed by atoms with Crippen molar-refractivity contribution in [3.05, 3.63) is 0 Å². The van der Waals surface area contributed by atoms with Gasteiger partial charge in [0.25, 0.3) is 10.3 Å². The van der Waals surface area contributed by atoms with Gasteiger partial charge in [-0.25, -0.2) is 0 Å². The molecule has 96 valence electrons. The van der Waals surface area contributed by atoms with E-state index in [1.165, 1.54) is 42.1 Å². The maximum Gasteiger partial charge on any atom is 0.463 e. The van der Waals surface area contributed by atoms with E-state index in [2.05, 4.69) is 17.5 Å². The molecule has 0 saturated carbocycles. The molecule has 0 radical (unpaired) electrons. The maximum absolute atomic E-state index is 4.15. The lowest BCUT2D eigenvalue weighted by Gasteiger charge is -1.93. The van der Waals surface area contributed by atoms with Crippen molar-refractivity contribution in [1.29, 1.82) is 0 Å². The Morgan fingerprint density at radius 1 is 0.882 bits per heavy atom. The first-order chi connectivity index (χ1) is 7.45. The third-order valence-electron chi connectivity index (χ3n) is 1.28. The highest BCUT2D eigenvalue weighted by molar-refractivity contribution is 8.00. The van der Waals surface area contributed by atoms with Crippen LogP contribution in [0, 0.1) is 0 Å². The van der Waals surface area contributed by atoms with E-state index in [-0.39, 0.29) is 24.8 Å². The van der Waals surface area contributed by atoms with Crippen molar-refractivity contribution < 1.29 is 24.8 Å². The van der Waals surface area contributed by atoms with Crippen LogP contribution in [0.5, 0.6) is 0 Å². The Hall–Kier alpha value is 1.10. The molecule has 0 amide bonds. The lowest BCUT2D eigenvalue weighted by Crippen LogP contribution is -3.00. The highest BCUT2D eigenvalue weighted by atomic mass is 35.5. The van der Waals surface area contributed by atoms with Crippen LogP contribution in [-0.2, 0) is 0 Å². The van der Waals surface area contributed by atoms with Crippen molar-refractivity contribution in [2.24, 2.45) is 0 Å². The molecular weight excluding hydrogens is 379 g/mol. The topological polar surface area (TPSA) is 51.6 Å². The van der Waals surface area contributed by atoms with Gasteiger partial charge in [0, 0.05) is 11.5 Å². The minimum atomic E-state index is 0. The summed E-state index contributed by atoms with van der Waals surface area (Å²) in [5.41, 5.74) is 0. The predicted molar refractivity (Wildman–Crippen MR) is 70.5 cm³/mol. The van der Waals surface area contributed by atoms with Crippen molar-refractivity contribution in [3.63, 3.8) is 0 Å². The molecule has 2 heterocycles. The van der Waals surface area contributed by atoms with Crippen LogP contribution in [0.2, 0.25) is 0 Å². The minimum Gasteiger partial charge on any atom is -1.00 e. The van der Waals surface area contributed by atoms with E-state index in [9.17, 15) is 0 Å². The zero-order valence-electron chi connectivity index (χ0n) is 8.12. The quantitative estimate of drug-likeness (QED) is 0.235. The molecule has 0 aliphatic rings. The first-order valence-corrected chi connectivity index (χ1v) is 10.0. The Morgan fingerprint density at radius 2 is 1.35 bits per heavy atom. The molecule has 0 spiro atoms. The van der Waals surface area contributed by atoms with E-state index in [0.717, 1.165) is 28.2 Å². The summed E-state index contributed by atoms with van der Waals surface area (Å²) in [4.78, 5) is 0. The van der Waals surface area contributed by atoms with E-state index >= 15 is 0 Å². The van der Waals surface area contributed by atoms with Gasteiger partial charge in [0.2, 0.25) is 0 Å². The van der Waals surface area contributed by atoms with Crippen LogP contribution in [0.15, 0.2) is 10.3 Å². The predicted octanol–water partition coefficient (Wildman–Crippen LogP) is -2.64. The first kappa shape index (κ1) is 18.1. The average molecular weight is 385 g/mol. The summed E-state index contributed by atoms with van der Waals surface area (Å²) in [7, 11) is 5.75. The van der Waals surface area contributed by atoms with E-state index in [1.54, 1.807) is 23.5 Å². The smallest absolute Gasteiger partial charge is 0.463 e. The van der Waals surface area contributed by atoms with Crippen LogP contribution in [-0.4, -0.2) is 29.0 Å². The van der Waals surface area contributed by atoms with Crippen molar-refractivity contribution >= 4 is 65.7 Å². The number of nitrogens with zero attached hydrogens (tertiary/aromatic N) is 4. The van der Waals surface area contributed by atoms with Gasteiger partial charge in [0.1, 0.15) is 0 Å². The number of rotatable bonds is 6. The fraction of sp³-hybridized carbons (Fsp3) is 0.600. The second-order valence-corrected chi connectivity index (χ2v) is 7.52. The number of halogens is 2. The summed E-state index contributed by atoms with van der Waals surface area (Å²) >= 11 is 3.43. The fourth-order valence-corrected chi connectivity index (χ4v) is 5.60. The molecule has 0 fully saturated rings. The van der Waals surface area contributed by atoms with Crippen molar-refractivity contribution in [1.82, 2.24) is 17.5 Å². The zero-order valence-corrected chi connectivity index (χ0v) is 14.5. The molecule has 12 heteroatoms. The standard InChI is InChI=1S/C5H6N4S6.2ClH/c1(2-10-4-6-12-13-7-4)3-11-5-8-14-15-9-5;;/h1-3H2;2*1H/q+2;;/p-2. The number of hydrogen-bond donors (Lipinski definition) is 0. The Bertz CT molecular complexity index is 333. The maximum atomic E-state index is 4.15. The lowest BCUT2D eigenvalue weighted by atomic mass is 10.6. The van der Waals surface area contributed by atoms with Gasteiger partial charge in [-0.2, -0.15) is 0 Å². The van der Waals surface area contributed by atoms with Gasteiger partial charge in [0.05, 0.1) is 8.75 Å². The molecule has 0 bridgehead atoms. The molecular formula is C5H6Cl2N4S6. The second-order valence-electron chi connectivity index (χ2n) is 2.28. The molecule has 0 unspecified atom stereocenters. The van der Waals surface area contributed by atoms with Gasteiger partial charge >= 0.3 is 42.1 Å². The van der Waals surface area contributed by atoms with Gasteiger partial charge in [-0.15, -0.1) is 8.75 Å². The Morgan fingerprint density at radius 3 is 1.71 bits per heavy atom. The zero-order chi connectivity index (χ0) is 10.3. The van der Waals surface area contributed by atoms with E-state index in [4.69, 9.17) is 0 Å². The van der Waals surface area contributed by atoms with E-state index in [0.29, 0.717) is 0 Å². The normalized spacial score (nSPS) is 9.41. The van der Waals surface area contributed by atoms with Crippen molar-refractivity contribution in [2.45, 2.75) is 16.7 Å². The molecule has 0 saturated heterocycles. The van der Waals surface area contributed by atoms with Crippen molar-refractivity contribution in [3.8, 4) is 0 Å². The Labute approximate surface area is 135 Å². The lowest BCUT2D eigenvalue weighted by molar-refractivity contribution is -0.00100. The molecule has 2 aromatic heterocycles. The summed E-state index contributed by atoms with van der Waals surface area (Å²) in [5.74, 6) is 2.12. The molecule has 2 rings (SSSR count). The van der Waals surface area contributed by atoms with Crippen LogP contribution in [0.4, 0.5) is 0 Å². The van der Waals surface area contributed by atoms with Crippen LogP contribution in [0.25, 0.3) is 0 Å². The summed E-state index contributed by atoms with van der Waals surface area (Å²) in [6, 6.07) is 0. The molecule has 4 nitrogen and oxygen atoms in total. The van der Waals surface area contributed by atoms with E-state index in [1.807, 2.05) is 0 Å². The van der Waals surface area contributed by atoms with Gasteiger partial charge in [-0.05, 0) is 6.42 Å². The fourth-order valence-electron chi connectivity index (χ4n) is 0.719. The molecule has 0 aromatic carbocycles. The Balaban J connectivity index is 0.00000128. The summed E-state index contributed by atoms with van der Waals surface area (Å²) < 4.78 is 16.6. The summed E-state index contributed by atoms with van der Waals surface area (Å²) in [6.07, 6.45) is 1.13. The SMILES string of the molecule is C(CSc1ns[s+]n1)CSc1ns[s+]n1.[Cl-].[Cl-].